The number of nitrogens with two attached hydrogens (primary N) is 1. The van der Waals surface area contributed by atoms with Crippen LogP contribution in [0.1, 0.15) is 54.8 Å². The number of piperidine rings is 1. The van der Waals surface area contributed by atoms with Crippen molar-refractivity contribution in [2.45, 2.75) is 50.6 Å². The summed E-state index contributed by atoms with van der Waals surface area (Å²) in [6.07, 6.45) is 8.36. The van der Waals surface area contributed by atoms with E-state index >= 15 is 0 Å². The first-order valence-electron chi connectivity index (χ1n) is 12.4. The maximum absolute atomic E-state index is 13.0. The number of H-pyrrole nitrogens is 1. The number of hydrogen-bond acceptors (Lipinski definition) is 8. The highest BCUT2D eigenvalue weighted by molar-refractivity contribution is 5.91. The summed E-state index contributed by atoms with van der Waals surface area (Å²) in [6.45, 7) is 2.38. The number of carbonyl (C=O) groups is 2. The zero-order chi connectivity index (χ0) is 25.5. The molecule has 0 aliphatic carbocycles. The molecule has 13 nitrogen and oxygen atoms in total. The van der Waals surface area contributed by atoms with Crippen molar-refractivity contribution in [1.29, 1.82) is 0 Å². The van der Waals surface area contributed by atoms with Crippen LogP contribution in [-0.4, -0.2) is 70.2 Å². The van der Waals surface area contributed by atoms with Gasteiger partial charge in [-0.25, -0.2) is 14.8 Å². The van der Waals surface area contributed by atoms with Gasteiger partial charge in [0.05, 0.1) is 6.20 Å². The summed E-state index contributed by atoms with van der Waals surface area (Å²) in [6, 6.07) is 5.43. The van der Waals surface area contributed by atoms with Gasteiger partial charge in [0.25, 0.3) is 5.91 Å². The fourth-order valence-electron chi connectivity index (χ4n) is 5.55. The number of nitrogens with one attached hydrogen (secondary N) is 3. The highest BCUT2D eigenvalue weighted by Gasteiger charge is 2.45. The molecule has 2 saturated heterocycles. The van der Waals surface area contributed by atoms with E-state index in [1.807, 2.05) is 24.0 Å². The van der Waals surface area contributed by atoms with E-state index in [2.05, 4.69) is 35.9 Å². The van der Waals surface area contributed by atoms with Crippen molar-refractivity contribution in [3.8, 4) is 11.1 Å². The number of aromatic amines is 1. The van der Waals surface area contributed by atoms with E-state index in [0.29, 0.717) is 23.8 Å². The molecule has 0 spiro atoms. The van der Waals surface area contributed by atoms with Crippen LogP contribution in [-0.2, 0) is 0 Å². The molecule has 3 amide bonds. The third kappa shape index (κ3) is 4.11. The first kappa shape index (κ1) is 22.9. The second-order valence-corrected chi connectivity index (χ2v) is 9.42. The molecule has 4 aromatic rings. The lowest BCUT2D eigenvalue weighted by molar-refractivity contribution is 0.0557. The van der Waals surface area contributed by atoms with Gasteiger partial charge in [0.2, 0.25) is 5.82 Å². The lowest BCUT2D eigenvalue weighted by Gasteiger charge is -2.38. The van der Waals surface area contributed by atoms with Crippen molar-refractivity contribution < 1.29 is 9.59 Å². The van der Waals surface area contributed by atoms with Crippen LogP contribution < -0.4 is 16.4 Å². The van der Waals surface area contributed by atoms with E-state index in [-0.39, 0.29) is 35.8 Å². The first-order valence-corrected chi connectivity index (χ1v) is 12.4. The fraction of sp³-hybridized carbons (Fsp3) is 0.375. The van der Waals surface area contributed by atoms with Gasteiger partial charge < -0.3 is 20.9 Å². The van der Waals surface area contributed by atoms with Crippen LogP contribution in [0.2, 0.25) is 0 Å². The quantitative estimate of drug-likeness (QED) is 0.322. The molecule has 13 heteroatoms. The lowest BCUT2D eigenvalue weighted by Crippen LogP contribution is -2.46. The van der Waals surface area contributed by atoms with Gasteiger partial charge in [0, 0.05) is 53.6 Å². The predicted octanol–water partition coefficient (Wildman–Crippen LogP) is 2.18. The molecular weight excluding hydrogens is 474 g/mol. The average molecular weight is 502 g/mol. The number of hydrogen-bond donors (Lipinski definition) is 4. The number of rotatable bonds is 5. The molecular formula is C24H27N11O2. The van der Waals surface area contributed by atoms with E-state index < -0.39 is 0 Å². The number of aromatic nitrogens is 7. The van der Waals surface area contributed by atoms with Gasteiger partial charge in [0.15, 0.2) is 5.65 Å². The number of pyridine rings is 1. The number of fused-ring (bicyclic) bond motifs is 3. The molecule has 6 rings (SSSR count). The predicted molar refractivity (Wildman–Crippen MR) is 135 cm³/mol. The molecule has 37 heavy (non-hydrogen) atoms. The highest BCUT2D eigenvalue weighted by Crippen LogP contribution is 2.43. The summed E-state index contributed by atoms with van der Waals surface area (Å²) >= 11 is 0. The smallest absolute Gasteiger partial charge is 0.320 e. The van der Waals surface area contributed by atoms with Crippen LogP contribution in [0.4, 0.5) is 16.4 Å². The Labute approximate surface area is 211 Å². The Balaban J connectivity index is 1.26. The molecule has 2 aliphatic rings. The Morgan fingerprint density at radius 3 is 2.68 bits per heavy atom. The molecule has 190 valence electrons. The van der Waals surface area contributed by atoms with Crippen molar-refractivity contribution in [2.75, 3.05) is 17.6 Å². The van der Waals surface area contributed by atoms with Crippen LogP contribution in [0.5, 0.6) is 0 Å². The van der Waals surface area contributed by atoms with Crippen LogP contribution in [0.3, 0.4) is 0 Å². The minimum atomic E-state index is -0.305. The number of carbonyl (C=O) groups excluding carboxylic acids is 2. The number of nitrogens with zero attached hydrogens (tertiary/aromatic N) is 7. The van der Waals surface area contributed by atoms with Crippen LogP contribution in [0.25, 0.3) is 16.8 Å². The molecule has 5 N–H and O–H groups in total. The van der Waals surface area contributed by atoms with Gasteiger partial charge in [-0.05, 0) is 44.7 Å². The van der Waals surface area contributed by atoms with E-state index in [1.54, 1.807) is 23.0 Å². The van der Waals surface area contributed by atoms with Crippen molar-refractivity contribution in [1.82, 2.24) is 45.0 Å². The maximum atomic E-state index is 13.0. The summed E-state index contributed by atoms with van der Waals surface area (Å²) in [4.78, 5) is 38.9. The van der Waals surface area contributed by atoms with E-state index in [4.69, 9.17) is 10.7 Å². The Bertz CT molecular complexity index is 1430. The Morgan fingerprint density at radius 1 is 1.19 bits per heavy atom. The number of urea groups is 1. The van der Waals surface area contributed by atoms with Gasteiger partial charge in [-0.3, -0.25) is 10.1 Å². The molecule has 6 heterocycles. The highest BCUT2D eigenvalue weighted by atomic mass is 16.2. The van der Waals surface area contributed by atoms with E-state index in [1.165, 1.54) is 6.33 Å². The summed E-state index contributed by atoms with van der Waals surface area (Å²) in [5.74, 6) is 1.31. The van der Waals surface area contributed by atoms with Crippen molar-refractivity contribution in [3.05, 3.63) is 48.4 Å². The van der Waals surface area contributed by atoms with Crippen molar-refractivity contribution in [3.63, 3.8) is 0 Å². The topological polar surface area (TPSA) is 172 Å². The van der Waals surface area contributed by atoms with Crippen molar-refractivity contribution >= 4 is 29.2 Å². The molecule has 3 atom stereocenters. The Morgan fingerprint density at radius 2 is 2.00 bits per heavy atom. The third-order valence-corrected chi connectivity index (χ3v) is 7.18. The standard InChI is InChI=1S/C24H27N11O2/c1-2-26-24(37)32-20-6-3-13(10-27-20)17-11-30-35-19(25)9-18(31-22(17)35)14-7-15-4-5-16(8-14)34(15)23(36)21-28-12-29-33-21/h3,6,9-12,14-16H,2,4-5,7-8,25H2,1H3,(H,28,29,33)(H2,26,27,32,37)/t14-,15-,16+. The molecule has 2 bridgehead atoms. The summed E-state index contributed by atoms with van der Waals surface area (Å²) < 4.78 is 1.62. The zero-order valence-corrected chi connectivity index (χ0v) is 20.3. The minimum absolute atomic E-state index is 0.0953. The molecule has 0 aromatic carbocycles. The second kappa shape index (κ2) is 9.15. The SMILES string of the molecule is CCNC(=O)Nc1ccc(-c2cnn3c(N)cc([C@@H]4C[C@H]5CC[C@@H](C4)N5C(=O)c4nnc[nH]4)nc23)cn1. The Kier molecular flexibility index (Phi) is 5.66. The monoisotopic (exact) mass is 501 g/mol. The van der Waals surface area contributed by atoms with E-state index in [0.717, 1.165) is 42.5 Å². The van der Waals surface area contributed by atoms with E-state index in [9.17, 15) is 9.59 Å². The number of anilines is 2. The summed E-state index contributed by atoms with van der Waals surface area (Å²) in [7, 11) is 0. The Hall–Kier alpha value is -4.55. The third-order valence-electron chi connectivity index (χ3n) is 7.18. The van der Waals surface area contributed by atoms with Gasteiger partial charge in [-0.1, -0.05) is 0 Å². The van der Waals surface area contributed by atoms with Gasteiger partial charge in [-0.15, -0.1) is 10.2 Å². The normalized spacial score (nSPS) is 20.8. The lowest BCUT2D eigenvalue weighted by atomic mass is 9.87. The molecule has 4 aromatic heterocycles. The maximum Gasteiger partial charge on any atom is 0.320 e. The molecule has 0 radical (unpaired) electrons. The van der Waals surface area contributed by atoms with Crippen LogP contribution in [0.15, 0.2) is 36.9 Å². The molecule has 0 unspecified atom stereocenters. The van der Waals surface area contributed by atoms with Crippen molar-refractivity contribution in [2.24, 2.45) is 0 Å². The molecule has 2 fully saturated rings. The largest absolute Gasteiger partial charge is 0.384 e. The average Bonchev–Trinajstić information content (AvgIpc) is 3.63. The second-order valence-electron chi connectivity index (χ2n) is 9.42. The minimum Gasteiger partial charge on any atom is -0.384 e. The number of nitrogen functional groups attached to an aromatic ring is 1. The first-order chi connectivity index (χ1) is 18.0. The van der Waals surface area contributed by atoms with Gasteiger partial charge >= 0.3 is 6.03 Å². The number of amides is 3. The summed E-state index contributed by atoms with van der Waals surface area (Å²) in [5, 5.41) is 17.5. The van der Waals surface area contributed by atoms with Crippen LogP contribution in [0, 0.1) is 0 Å². The summed E-state index contributed by atoms with van der Waals surface area (Å²) in [5.41, 5.74) is 9.55. The zero-order valence-electron chi connectivity index (χ0n) is 20.3. The molecule has 0 saturated carbocycles. The van der Waals surface area contributed by atoms with Gasteiger partial charge in [-0.2, -0.15) is 9.61 Å². The van der Waals surface area contributed by atoms with Crippen LogP contribution >= 0.6 is 0 Å². The van der Waals surface area contributed by atoms with Gasteiger partial charge in [0.1, 0.15) is 18.0 Å². The fourth-order valence-corrected chi connectivity index (χ4v) is 5.55. The molecule has 2 aliphatic heterocycles.